The molecule has 1 atom stereocenters. The molecule has 2 N–H and O–H groups in total. The number of halogens is 4. The normalized spacial score (nSPS) is 22.1. The first-order chi connectivity index (χ1) is 9.80. The number of anilines is 1. The Morgan fingerprint density at radius 3 is 2.67 bits per heavy atom. The lowest BCUT2D eigenvalue weighted by atomic mass is 9.85. The highest BCUT2D eigenvalue weighted by Gasteiger charge is 2.61. The van der Waals surface area contributed by atoms with E-state index in [0.717, 1.165) is 0 Å². The van der Waals surface area contributed by atoms with Crippen LogP contribution in [0.15, 0.2) is 18.2 Å². The van der Waals surface area contributed by atoms with Gasteiger partial charge in [-0.05, 0) is 31.2 Å². The molecule has 1 aliphatic rings. The van der Waals surface area contributed by atoms with Crippen molar-refractivity contribution >= 4 is 23.2 Å². The smallest absolute Gasteiger partial charge is 0.404 e. The lowest BCUT2D eigenvalue weighted by Gasteiger charge is -2.29. The van der Waals surface area contributed by atoms with Crippen molar-refractivity contribution in [2.75, 3.05) is 25.5 Å². The molecule has 0 spiro atoms. The van der Waals surface area contributed by atoms with Crippen LogP contribution in [0.4, 0.5) is 18.9 Å². The molecular weight excluding hydrogens is 309 g/mol. The second kappa shape index (κ2) is 5.73. The molecule has 0 saturated carbocycles. The van der Waals surface area contributed by atoms with Crippen LogP contribution in [0.25, 0.3) is 0 Å². The zero-order valence-electron chi connectivity index (χ0n) is 11.2. The van der Waals surface area contributed by atoms with E-state index in [2.05, 4.69) is 10.6 Å². The first kappa shape index (κ1) is 15.9. The minimum Gasteiger partial charge on any atom is -0.495 e. The van der Waals surface area contributed by atoms with E-state index in [1.165, 1.54) is 25.3 Å². The fraction of sp³-hybridized carbons (Fsp3) is 0.462. The number of hydrogen-bond acceptors (Lipinski definition) is 3. The van der Waals surface area contributed by atoms with Crippen molar-refractivity contribution in [3.05, 3.63) is 23.2 Å². The molecule has 1 fully saturated rings. The van der Waals surface area contributed by atoms with Crippen molar-refractivity contribution in [3.63, 3.8) is 0 Å². The van der Waals surface area contributed by atoms with Crippen LogP contribution < -0.4 is 15.4 Å². The van der Waals surface area contributed by atoms with E-state index in [9.17, 15) is 18.0 Å². The van der Waals surface area contributed by atoms with Crippen LogP contribution in [0.3, 0.4) is 0 Å². The van der Waals surface area contributed by atoms with Crippen LogP contribution in [0.2, 0.25) is 5.02 Å². The predicted octanol–water partition coefficient (Wildman–Crippen LogP) is 2.83. The number of rotatable bonds is 3. The largest absolute Gasteiger partial charge is 0.495 e. The van der Waals surface area contributed by atoms with Crippen molar-refractivity contribution in [1.82, 2.24) is 5.32 Å². The molecule has 0 bridgehead atoms. The number of benzene rings is 1. The summed E-state index contributed by atoms with van der Waals surface area (Å²) in [5.74, 6) is -0.705. The summed E-state index contributed by atoms with van der Waals surface area (Å²) in [6, 6.07) is 4.27. The molecule has 1 saturated heterocycles. The van der Waals surface area contributed by atoms with Gasteiger partial charge in [0.1, 0.15) is 5.75 Å². The quantitative estimate of drug-likeness (QED) is 0.899. The Morgan fingerprint density at radius 2 is 2.19 bits per heavy atom. The van der Waals surface area contributed by atoms with E-state index in [-0.39, 0.29) is 23.7 Å². The molecule has 116 valence electrons. The number of nitrogens with one attached hydrogen (secondary N) is 2. The molecule has 4 nitrogen and oxygen atoms in total. The average Bonchev–Trinajstić information content (AvgIpc) is 2.89. The van der Waals surface area contributed by atoms with Crippen molar-refractivity contribution in [1.29, 1.82) is 0 Å². The van der Waals surface area contributed by atoms with Crippen LogP contribution in [-0.4, -0.2) is 32.3 Å². The third-order valence-corrected chi connectivity index (χ3v) is 3.84. The number of carbonyl (C=O) groups is 1. The molecule has 0 aliphatic carbocycles. The van der Waals surface area contributed by atoms with Gasteiger partial charge in [0, 0.05) is 12.2 Å². The molecule has 8 heteroatoms. The summed E-state index contributed by atoms with van der Waals surface area (Å²) in [7, 11) is 1.42. The Morgan fingerprint density at radius 1 is 1.48 bits per heavy atom. The summed E-state index contributed by atoms with van der Waals surface area (Å²) in [6.07, 6.45) is -4.90. The molecule has 1 amide bonds. The van der Waals surface area contributed by atoms with E-state index < -0.39 is 24.0 Å². The van der Waals surface area contributed by atoms with E-state index in [1.54, 1.807) is 0 Å². The van der Waals surface area contributed by atoms with Crippen LogP contribution in [0.5, 0.6) is 5.75 Å². The van der Waals surface area contributed by atoms with E-state index in [1.807, 2.05) is 0 Å². The molecule has 1 aromatic carbocycles. The number of ether oxygens (including phenoxy) is 1. The van der Waals surface area contributed by atoms with E-state index in [4.69, 9.17) is 16.3 Å². The van der Waals surface area contributed by atoms with Gasteiger partial charge in [-0.25, -0.2) is 0 Å². The summed E-state index contributed by atoms with van der Waals surface area (Å²) in [5.41, 5.74) is -2.21. The third kappa shape index (κ3) is 2.94. The Bertz CT molecular complexity index is 543. The molecule has 21 heavy (non-hydrogen) atoms. The monoisotopic (exact) mass is 322 g/mol. The van der Waals surface area contributed by atoms with Crippen LogP contribution in [0, 0.1) is 5.41 Å². The van der Waals surface area contributed by atoms with Crippen LogP contribution >= 0.6 is 11.6 Å². The summed E-state index contributed by atoms with van der Waals surface area (Å²) in [6.45, 7) is -0.275. The molecule has 0 radical (unpaired) electrons. The second-order valence-corrected chi connectivity index (χ2v) is 5.22. The number of amides is 1. The highest BCUT2D eigenvalue weighted by molar-refractivity contribution is 6.32. The number of hydrogen-bond donors (Lipinski definition) is 2. The summed E-state index contributed by atoms with van der Waals surface area (Å²) in [5, 5.41) is 5.08. The molecule has 0 aromatic heterocycles. The van der Waals surface area contributed by atoms with Crippen molar-refractivity contribution in [3.8, 4) is 5.75 Å². The van der Waals surface area contributed by atoms with Gasteiger partial charge in [0.25, 0.3) is 0 Å². The molecular formula is C13H14ClF3N2O2. The number of methoxy groups -OCH3 is 1. The third-order valence-electron chi connectivity index (χ3n) is 3.54. The Kier molecular flexibility index (Phi) is 4.34. The first-order valence-corrected chi connectivity index (χ1v) is 6.60. The highest BCUT2D eigenvalue weighted by atomic mass is 35.5. The van der Waals surface area contributed by atoms with E-state index in [0.29, 0.717) is 5.75 Å². The average molecular weight is 323 g/mol. The van der Waals surface area contributed by atoms with Crippen molar-refractivity contribution < 1.29 is 22.7 Å². The van der Waals surface area contributed by atoms with Crippen LogP contribution in [-0.2, 0) is 4.79 Å². The van der Waals surface area contributed by atoms with Gasteiger partial charge >= 0.3 is 6.18 Å². The summed E-state index contributed by atoms with van der Waals surface area (Å²) < 4.78 is 44.6. The maximum atomic E-state index is 13.2. The SMILES string of the molecule is COc1ccc(NC(=O)C2(C(F)(F)F)CCNC2)cc1Cl. The molecule has 1 aromatic rings. The standard InChI is InChI=1S/C13H14ClF3N2O2/c1-21-10-3-2-8(6-9(10)14)19-11(20)12(13(15,16)17)4-5-18-7-12/h2-3,6,18H,4-5,7H2,1H3,(H,19,20). The number of carbonyl (C=O) groups excluding carboxylic acids is 1. The van der Waals surface area contributed by atoms with Gasteiger partial charge in [0.2, 0.25) is 5.91 Å². The molecule has 1 aliphatic heterocycles. The van der Waals surface area contributed by atoms with Gasteiger partial charge in [-0.2, -0.15) is 13.2 Å². The van der Waals surface area contributed by atoms with Gasteiger partial charge in [-0.1, -0.05) is 11.6 Å². The second-order valence-electron chi connectivity index (χ2n) is 4.81. The van der Waals surface area contributed by atoms with Crippen LogP contribution in [0.1, 0.15) is 6.42 Å². The van der Waals surface area contributed by atoms with Gasteiger partial charge in [0.05, 0.1) is 12.1 Å². The summed E-state index contributed by atoms with van der Waals surface area (Å²) >= 11 is 5.89. The number of alkyl halides is 3. The van der Waals surface area contributed by atoms with Gasteiger partial charge in [-0.15, -0.1) is 0 Å². The fourth-order valence-corrected chi connectivity index (χ4v) is 2.51. The highest BCUT2D eigenvalue weighted by Crippen LogP contribution is 2.44. The molecule has 2 rings (SSSR count). The minimum atomic E-state index is -4.61. The Balaban J connectivity index is 2.22. The van der Waals surface area contributed by atoms with Gasteiger partial charge < -0.3 is 15.4 Å². The van der Waals surface area contributed by atoms with Crippen molar-refractivity contribution in [2.24, 2.45) is 5.41 Å². The lowest BCUT2D eigenvalue weighted by molar-refractivity contribution is -0.213. The minimum absolute atomic E-state index is 0.149. The zero-order chi connectivity index (χ0) is 15.7. The Hall–Kier alpha value is -1.47. The van der Waals surface area contributed by atoms with Gasteiger partial charge in [-0.3, -0.25) is 4.79 Å². The first-order valence-electron chi connectivity index (χ1n) is 6.22. The fourth-order valence-electron chi connectivity index (χ4n) is 2.25. The maximum absolute atomic E-state index is 13.2. The van der Waals surface area contributed by atoms with Gasteiger partial charge in [0.15, 0.2) is 5.41 Å². The van der Waals surface area contributed by atoms with Crippen molar-refractivity contribution in [2.45, 2.75) is 12.6 Å². The lowest BCUT2D eigenvalue weighted by Crippen LogP contribution is -2.49. The zero-order valence-corrected chi connectivity index (χ0v) is 11.9. The topological polar surface area (TPSA) is 50.4 Å². The maximum Gasteiger partial charge on any atom is 0.404 e. The van der Waals surface area contributed by atoms with E-state index >= 15 is 0 Å². The Labute approximate surface area is 124 Å². The molecule has 1 heterocycles. The molecule has 1 unspecified atom stereocenters. The summed E-state index contributed by atoms with van der Waals surface area (Å²) in [4.78, 5) is 12.1. The predicted molar refractivity (Wildman–Crippen MR) is 72.6 cm³/mol.